The molecule has 2 aromatic heterocycles. The van der Waals surface area contributed by atoms with Gasteiger partial charge < -0.3 is 4.57 Å². The normalized spacial score (nSPS) is 15.4. The number of thiocarbonyl (C=S) groups is 1. The van der Waals surface area contributed by atoms with Gasteiger partial charge >= 0.3 is 0 Å². The Balaban J connectivity index is 1.57. The topological polar surface area (TPSA) is 67.2 Å². The van der Waals surface area contributed by atoms with E-state index in [0.717, 1.165) is 33.5 Å². The lowest BCUT2D eigenvalue weighted by Crippen LogP contribution is -2.54. The molecule has 1 saturated heterocycles. The number of anilines is 1. The van der Waals surface area contributed by atoms with E-state index < -0.39 is 11.8 Å². The van der Waals surface area contributed by atoms with Gasteiger partial charge in [-0.05, 0) is 80.2 Å². The number of para-hydroxylation sites is 1. The highest BCUT2D eigenvalue weighted by Gasteiger charge is 2.34. The molecule has 1 N–H and O–H groups in total. The summed E-state index contributed by atoms with van der Waals surface area (Å²) in [6, 6.07) is 21.0. The highest BCUT2D eigenvalue weighted by Crippen LogP contribution is 2.27. The number of nitrogens with one attached hydrogen (secondary N) is 1. The minimum Gasteiger partial charge on any atom is -0.318 e. The van der Waals surface area contributed by atoms with Gasteiger partial charge in [0, 0.05) is 28.7 Å². The Bertz CT molecular complexity index is 1470. The summed E-state index contributed by atoms with van der Waals surface area (Å²) in [4.78, 5) is 31.7. The van der Waals surface area contributed by atoms with E-state index in [4.69, 9.17) is 12.2 Å². The molecule has 4 aromatic rings. The van der Waals surface area contributed by atoms with Crippen LogP contribution in [-0.2, 0) is 9.59 Å². The van der Waals surface area contributed by atoms with Gasteiger partial charge in [0.25, 0.3) is 11.8 Å². The molecule has 2 amide bonds. The molecule has 0 radical (unpaired) electrons. The molecule has 33 heavy (non-hydrogen) atoms. The van der Waals surface area contributed by atoms with Crippen molar-refractivity contribution in [3.63, 3.8) is 0 Å². The first-order valence-corrected chi connectivity index (χ1v) is 10.9. The third-order valence-electron chi connectivity index (χ3n) is 5.73. The summed E-state index contributed by atoms with van der Waals surface area (Å²) >= 11 is 5.27. The van der Waals surface area contributed by atoms with Gasteiger partial charge in [0.15, 0.2) is 5.11 Å². The number of nitrogens with zero attached hydrogens (tertiary/aromatic N) is 3. The van der Waals surface area contributed by atoms with Gasteiger partial charge in [-0.15, -0.1) is 0 Å². The van der Waals surface area contributed by atoms with Crippen LogP contribution in [0.25, 0.3) is 22.7 Å². The fourth-order valence-electron chi connectivity index (χ4n) is 4.16. The average molecular weight is 453 g/mol. The van der Waals surface area contributed by atoms with Crippen molar-refractivity contribution in [3.8, 4) is 5.69 Å². The minimum atomic E-state index is -0.501. The largest absolute Gasteiger partial charge is 0.318 e. The fourth-order valence-corrected chi connectivity index (χ4v) is 4.44. The SMILES string of the molecule is Cc1cc(/C=C2\C(=O)NC(=S)N(c3ccccc3)C2=O)c(C)n1-c1ccc2ncccc2c1. The lowest BCUT2D eigenvalue weighted by molar-refractivity contribution is -0.122. The summed E-state index contributed by atoms with van der Waals surface area (Å²) in [5.74, 6) is -0.949. The molecule has 0 unspecified atom stereocenters. The minimum absolute atomic E-state index is 0.0374. The van der Waals surface area contributed by atoms with E-state index in [2.05, 4.69) is 20.9 Å². The predicted molar refractivity (Wildman–Crippen MR) is 133 cm³/mol. The Morgan fingerprint density at radius 1 is 0.939 bits per heavy atom. The molecule has 1 aliphatic rings. The van der Waals surface area contributed by atoms with Crippen LogP contribution in [0, 0.1) is 13.8 Å². The molecule has 1 fully saturated rings. The van der Waals surface area contributed by atoms with Crippen LogP contribution in [0.4, 0.5) is 5.69 Å². The van der Waals surface area contributed by atoms with Gasteiger partial charge in [-0.3, -0.25) is 24.8 Å². The summed E-state index contributed by atoms with van der Waals surface area (Å²) < 4.78 is 2.10. The van der Waals surface area contributed by atoms with Crippen LogP contribution in [-0.4, -0.2) is 26.5 Å². The average Bonchev–Trinajstić information content (AvgIpc) is 3.09. The first-order valence-electron chi connectivity index (χ1n) is 10.4. The van der Waals surface area contributed by atoms with E-state index in [0.29, 0.717) is 5.69 Å². The van der Waals surface area contributed by atoms with Crippen molar-refractivity contribution in [2.45, 2.75) is 13.8 Å². The van der Waals surface area contributed by atoms with E-state index in [-0.39, 0.29) is 10.7 Å². The number of hydrogen-bond donors (Lipinski definition) is 1. The van der Waals surface area contributed by atoms with Crippen LogP contribution in [0.2, 0.25) is 0 Å². The molecule has 6 nitrogen and oxygen atoms in total. The molecular weight excluding hydrogens is 432 g/mol. The second-order valence-corrected chi connectivity index (χ2v) is 8.22. The van der Waals surface area contributed by atoms with Crippen LogP contribution >= 0.6 is 12.2 Å². The van der Waals surface area contributed by atoms with Crippen molar-refractivity contribution >= 4 is 51.8 Å². The number of aromatic nitrogens is 2. The van der Waals surface area contributed by atoms with Crippen molar-refractivity contribution in [1.82, 2.24) is 14.9 Å². The van der Waals surface area contributed by atoms with Crippen LogP contribution in [0.5, 0.6) is 0 Å². The van der Waals surface area contributed by atoms with Gasteiger partial charge in [0.2, 0.25) is 0 Å². The first-order chi connectivity index (χ1) is 15.9. The number of fused-ring (bicyclic) bond motifs is 1. The number of rotatable bonds is 3. The summed E-state index contributed by atoms with van der Waals surface area (Å²) in [6.07, 6.45) is 3.41. The molecule has 162 valence electrons. The number of carbonyl (C=O) groups excluding carboxylic acids is 2. The summed E-state index contributed by atoms with van der Waals surface area (Å²) in [5.41, 5.74) is 5.25. The third kappa shape index (κ3) is 3.62. The molecule has 5 rings (SSSR count). The Hall–Kier alpha value is -4.10. The molecule has 0 saturated carbocycles. The number of benzene rings is 2. The van der Waals surface area contributed by atoms with E-state index >= 15 is 0 Å². The highest BCUT2D eigenvalue weighted by molar-refractivity contribution is 7.80. The second-order valence-electron chi connectivity index (χ2n) is 7.84. The molecule has 2 aromatic carbocycles. The van der Waals surface area contributed by atoms with Crippen molar-refractivity contribution in [3.05, 3.63) is 95.5 Å². The zero-order chi connectivity index (χ0) is 23.1. The summed E-state index contributed by atoms with van der Waals surface area (Å²) in [7, 11) is 0. The molecule has 0 bridgehead atoms. The quantitative estimate of drug-likeness (QED) is 0.283. The molecule has 1 aliphatic heterocycles. The zero-order valence-corrected chi connectivity index (χ0v) is 18.9. The maximum atomic E-state index is 13.3. The van der Waals surface area contributed by atoms with Gasteiger partial charge in [-0.1, -0.05) is 24.3 Å². The Kier molecular flexibility index (Phi) is 5.11. The predicted octanol–water partition coefficient (Wildman–Crippen LogP) is 4.47. The standard InChI is InChI=1S/C26H20N4O2S/c1-16-13-19(17(2)29(16)21-10-11-23-18(14-21)7-6-12-27-23)15-22-24(31)28-26(33)30(25(22)32)20-8-4-3-5-9-20/h3-15H,1-2H3,(H,28,31,33)/b22-15+. The van der Waals surface area contributed by atoms with Crippen LogP contribution in [0.1, 0.15) is 17.0 Å². The van der Waals surface area contributed by atoms with E-state index in [1.165, 1.54) is 4.90 Å². The smallest absolute Gasteiger partial charge is 0.270 e. The van der Waals surface area contributed by atoms with E-state index in [1.807, 2.05) is 62.4 Å². The number of hydrogen-bond acceptors (Lipinski definition) is 4. The lowest BCUT2D eigenvalue weighted by atomic mass is 10.1. The van der Waals surface area contributed by atoms with Crippen LogP contribution in [0.3, 0.4) is 0 Å². The number of carbonyl (C=O) groups is 2. The van der Waals surface area contributed by atoms with Crippen molar-refractivity contribution < 1.29 is 9.59 Å². The van der Waals surface area contributed by atoms with E-state index in [9.17, 15) is 9.59 Å². The molecule has 0 spiro atoms. The van der Waals surface area contributed by atoms with Crippen LogP contribution < -0.4 is 10.2 Å². The number of aryl methyl sites for hydroxylation is 1. The third-order valence-corrected chi connectivity index (χ3v) is 6.02. The van der Waals surface area contributed by atoms with Gasteiger partial charge in [0.1, 0.15) is 5.57 Å². The van der Waals surface area contributed by atoms with E-state index in [1.54, 1.807) is 24.4 Å². The van der Waals surface area contributed by atoms with Crippen molar-refractivity contribution in [2.75, 3.05) is 4.90 Å². The monoisotopic (exact) mass is 452 g/mol. The molecule has 7 heteroatoms. The number of amides is 2. The van der Waals surface area contributed by atoms with Gasteiger partial charge in [0.05, 0.1) is 11.2 Å². The Labute approximate surface area is 196 Å². The fraction of sp³-hybridized carbons (Fsp3) is 0.0769. The molecule has 0 atom stereocenters. The maximum Gasteiger partial charge on any atom is 0.270 e. The van der Waals surface area contributed by atoms with Gasteiger partial charge in [-0.2, -0.15) is 0 Å². The summed E-state index contributed by atoms with van der Waals surface area (Å²) in [6.45, 7) is 3.97. The zero-order valence-electron chi connectivity index (χ0n) is 18.1. The van der Waals surface area contributed by atoms with Gasteiger partial charge in [-0.25, -0.2) is 0 Å². The Morgan fingerprint density at radius 3 is 2.52 bits per heavy atom. The Morgan fingerprint density at radius 2 is 1.73 bits per heavy atom. The molecule has 3 heterocycles. The molecule has 0 aliphatic carbocycles. The second kappa shape index (κ2) is 8.11. The molecular formula is C26H20N4O2S. The van der Waals surface area contributed by atoms with Crippen molar-refractivity contribution in [1.29, 1.82) is 0 Å². The highest BCUT2D eigenvalue weighted by atomic mass is 32.1. The lowest BCUT2D eigenvalue weighted by Gasteiger charge is -2.28. The summed E-state index contributed by atoms with van der Waals surface area (Å²) in [5, 5.41) is 3.75. The maximum absolute atomic E-state index is 13.3. The first kappa shape index (κ1) is 20.8. The van der Waals surface area contributed by atoms with Crippen molar-refractivity contribution in [2.24, 2.45) is 0 Å². The van der Waals surface area contributed by atoms with Crippen LogP contribution in [0.15, 0.2) is 78.5 Å². The number of pyridine rings is 1.